The second-order valence-electron chi connectivity index (χ2n) is 6.36. The molecule has 0 atom stereocenters. The number of hydrogen-bond acceptors (Lipinski definition) is 5. The number of halogens is 2. The fourth-order valence-corrected chi connectivity index (χ4v) is 2.91. The molecule has 0 unspecified atom stereocenters. The average molecular weight is 504 g/mol. The normalized spacial score (nSPS) is 10.7. The fourth-order valence-electron chi connectivity index (χ4n) is 2.52. The lowest BCUT2D eigenvalue weighted by molar-refractivity contribution is -0.123. The summed E-state index contributed by atoms with van der Waals surface area (Å²) >= 11 is 9.24. The molecular formula is C23H20BrClN2O4. The van der Waals surface area contributed by atoms with Crippen LogP contribution in [0.1, 0.15) is 11.1 Å². The molecule has 31 heavy (non-hydrogen) atoms. The highest BCUT2D eigenvalue weighted by atomic mass is 79.9. The molecule has 0 spiro atoms. The van der Waals surface area contributed by atoms with E-state index >= 15 is 0 Å². The number of ether oxygens (including phenoxy) is 3. The summed E-state index contributed by atoms with van der Waals surface area (Å²) in [4.78, 5) is 11.9. The van der Waals surface area contributed by atoms with E-state index in [0.29, 0.717) is 28.9 Å². The number of nitrogens with zero attached hydrogens (tertiary/aromatic N) is 1. The molecule has 6 nitrogen and oxygen atoms in total. The van der Waals surface area contributed by atoms with Gasteiger partial charge in [-0.3, -0.25) is 4.79 Å². The zero-order valence-corrected chi connectivity index (χ0v) is 19.0. The number of carbonyl (C=O) groups excluding carboxylic acids is 1. The second-order valence-corrected chi connectivity index (χ2v) is 7.71. The Bertz CT molecular complexity index is 1040. The predicted octanol–water partition coefficient (Wildman–Crippen LogP) is 5.22. The van der Waals surface area contributed by atoms with Gasteiger partial charge in [-0.15, -0.1) is 0 Å². The lowest BCUT2D eigenvalue weighted by Gasteiger charge is -2.11. The summed E-state index contributed by atoms with van der Waals surface area (Å²) in [5.41, 5.74) is 4.16. The molecule has 0 aromatic heterocycles. The van der Waals surface area contributed by atoms with Crippen molar-refractivity contribution in [3.05, 3.63) is 87.4 Å². The van der Waals surface area contributed by atoms with E-state index in [-0.39, 0.29) is 12.5 Å². The summed E-state index contributed by atoms with van der Waals surface area (Å²) in [5, 5.41) is 4.63. The third-order valence-corrected chi connectivity index (χ3v) is 4.86. The van der Waals surface area contributed by atoms with Crippen LogP contribution in [0.4, 0.5) is 0 Å². The maximum absolute atomic E-state index is 11.9. The number of hydrogen-bond donors (Lipinski definition) is 1. The molecular weight excluding hydrogens is 484 g/mol. The molecule has 0 aliphatic carbocycles. The van der Waals surface area contributed by atoms with Gasteiger partial charge in [-0.05, 0) is 65.7 Å². The SMILES string of the molecule is COc1cc(C=NNC(=O)COc2ccc(Br)cc2)ccc1OCc1ccc(Cl)cc1. The zero-order chi connectivity index (χ0) is 22.1. The molecule has 0 heterocycles. The monoisotopic (exact) mass is 502 g/mol. The number of methoxy groups -OCH3 is 1. The standard InChI is InChI=1S/C23H20BrClN2O4/c1-29-22-12-17(4-11-21(22)31-14-16-2-7-19(25)8-3-16)13-26-27-23(28)15-30-20-9-5-18(24)6-10-20/h2-13H,14-15H2,1H3,(H,27,28). The van der Waals surface area contributed by atoms with Gasteiger partial charge in [-0.1, -0.05) is 39.7 Å². The van der Waals surface area contributed by atoms with Crippen LogP contribution in [0.3, 0.4) is 0 Å². The minimum atomic E-state index is -0.367. The number of benzene rings is 3. The van der Waals surface area contributed by atoms with Crippen LogP contribution in [0.15, 0.2) is 76.3 Å². The molecule has 0 aliphatic heterocycles. The molecule has 1 N–H and O–H groups in total. The van der Waals surface area contributed by atoms with Gasteiger partial charge in [0.15, 0.2) is 18.1 Å². The van der Waals surface area contributed by atoms with Crippen LogP contribution in [-0.2, 0) is 11.4 Å². The Morgan fingerprint density at radius 2 is 1.77 bits per heavy atom. The Balaban J connectivity index is 1.51. The second kappa shape index (κ2) is 11.4. The highest BCUT2D eigenvalue weighted by molar-refractivity contribution is 9.10. The Morgan fingerprint density at radius 3 is 2.48 bits per heavy atom. The van der Waals surface area contributed by atoms with E-state index in [1.807, 2.05) is 42.5 Å². The topological polar surface area (TPSA) is 69.2 Å². The first-order chi connectivity index (χ1) is 15.0. The summed E-state index contributed by atoms with van der Waals surface area (Å²) in [6, 6.07) is 20.0. The molecule has 0 saturated carbocycles. The number of rotatable bonds is 9. The summed E-state index contributed by atoms with van der Waals surface area (Å²) in [7, 11) is 1.56. The molecule has 0 fully saturated rings. The van der Waals surface area contributed by atoms with Crippen LogP contribution in [0.2, 0.25) is 5.02 Å². The van der Waals surface area contributed by atoms with E-state index < -0.39 is 0 Å². The van der Waals surface area contributed by atoms with Gasteiger partial charge in [-0.2, -0.15) is 5.10 Å². The van der Waals surface area contributed by atoms with E-state index in [1.54, 1.807) is 31.4 Å². The number of hydrazone groups is 1. The van der Waals surface area contributed by atoms with Crippen molar-refractivity contribution in [2.75, 3.05) is 13.7 Å². The van der Waals surface area contributed by atoms with Crippen molar-refractivity contribution in [2.24, 2.45) is 5.10 Å². The van der Waals surface area contributed by atoms with E-state index in [0.717, 1.165) is 15.6 Å². The molecule has 3 aromatic carbocycles. The maximum Gasteiger partial charge on any atom is 0.277 e. The third-order valence-electron chi connectivity index (χ3n) is 4.08. The Kier molecular flexibility index (Phi) is 8.32. The van der Waals surface area contributed by atoms with Crippen LogP contribution in [0.25, 0.3) is 0 Å². The predicted molar refractivity (Wildman–Crippen MR) is 124 cm³/mol. The summed E-state index contributed by atoms with van der Waals surface area (Å²) in [6.07, 6.45) is 1.52. The van der Waals surface area contributed by atoms with Crippen molar-refractivity contribution in [1.29, 1.82) is 0 Å². The van der Waals surface area contributed by atoms with Gasteiger partial charge in [-0.25, -0.2) is 5.43 Å². The van der Waals surface area contributed by atoms with Gasteiger partial charge in [0.1, 0.15) is 12.4 Å². The lowest BCUT2D eigenvalue weighted by atomic mass is 10.2. The van der Waals surface area contributed by atoms with Crippen LogP contribution >= 0.6 is 27.5 Å². The van der Waals surface area contributed by atoms with E-state index in [2.05, 4.69) is 26.5 Å². The van der Waals surface area contributed by atoms with Crippen molar-refractivity contribution in [2.45, 2.75) is 6.61 Å². The van der Waals surface area contributed by atoms with Crippen molar-refractivity contribution < 1.29 is 19.0 Å². The summed E-state index contributed by atoms with van der Waals surface area (Å²) in [6.45, 7) is 0.245. The first kappa shape index (κ1) is 22.7. The molecule has 3 aromatic rings. The smallest absolute Gasteiger partial charge is 0.277 e. The zero-order valence-electron chi connectivity index (χ0n) is 16.7. The molecule has 1 amide bonds. The van der Waals surface area contributed by atoms with Gasteiger partial charge in [0.2, 0.25) is 0 Å². The Hall–Kier alpha value is -3.03. The van der Waals surface area contributed by atoms with Crippen LogP contribution in [-0.4, -0.2) is 25.8 Å². The number of nitrogens with one attached hydrogen (secondary N) is 1. The van der Waals surface area contributed by atoms with Crippen molar-refractivity contribution in [1.82, 2.24) is 5.43 Å². The van der Waals surface area contributed by atoms with Gasteiger partial charge in [0.05, 0.1) is 13.3 Å². The van der Waals surface area contributed by atoms with E-state index in [1.165, 1.54) is 6.21 Å². The van der Waals surface area contributed by atoms with Crippen LogP contribution in [0.5, 0.6) is 17.2 Å². The Labute approximate surface area is 193 Å². The van der Waals surface area contributed by atoms with Crippen molar-refractivity contribution >= 4 is 39.7 Å². The van der Waals surface area contributed by atoms with Gasteiger partial charge < -0.3 is 14.2 Å². The molecule has 8 heteroatoms. The molecule has 0 aliphatic rings. The van der Waals surface area contributed by atoms with Gasteiger partial charge in [0.25, 0.3) is 5.91 Å². The molecule has 0 saturated heterocycles. The lowest BCUT2D eigenvalue weighted by Crippen LogP contribution is -2.24. The van der Waals surface area contributed by atoms with Crippen LogP contribution in [0, 0.1) is 0 Å². The Morgan fingerprint density at radius 1 is 1.03 bits per heavy atom. The highest BCUT2D eigenvalue weighted by Crippen LogP contribution is 2.28. The quantitative estimate of drug-likeness (QED) is 0.321. The maximum atomic E-state index is 11.9. The highest BCUT2D eigenvalue weighted by Gasteiger charge is 2.06. The summed E-state index contributed by atoms with van der Waals surface area (Å²) < 4.78 is 17.6. The van der Waals surface area contributed by atoms with Gasteiger partial charge in [0, 0.05) is 9.50 Å². The van der Waals surface area contributed by atoms with Crippen molar-refractivity contribution in [3.63, 3.8) is 0 Å². The van der Waals surface area contributed by atoms with E-state index in [4.69, 9.17) is 25.8 Å². The van der Waals surface area contributed by atoms with E-state index in [9.17, 15) is 4.79 Å². The summed E-state index contributed by atoms with van der Waals surface area (Å²) in [5.74, 6) is 1.39. The van der Waals surface area contributed by atoms with Crippen molar-refractivity contribution in [3.8, 4) is 17.2 Å². The van der Waals surface area contributed by atoms with Gasteiger partial charge >= 0.3 is 0 Å². The third kappa shape index (κ3) is 7.31. The first-order valence-corrected chi connectivity index (χ1v) is 10.5. The minimum absolute atomic E-state index is 0.139. The first-order valence-electron chi connectivity index (χ1n) is 9.29. The number of carbonyl (C=O) groups is 1. The molecule has 160 valence electrons. The molecule has 0 bridgehead atoms. The molecule has 3 rings (SSSR count). The van der Waals surface area contributed by atoms with Crippen LogP contribution < -0.4 is 19.6 Å². The minimum Gasteiger partial charge on any atom is -0.493 e. The fraction of sp³-hybridized carbons (Fsp3) is 0.130. The average Bonchev–Trinajstić information content (AvgIpc) is 2.78. The largest absolute Gasteiger partial charge is 0.493 e. The molecule has 0 radical (unpaired) electrons. The number of amides is 1.